The minimum absolute atomic E-state index is 0.0530. The van der Waals surface area contributed by atoms with Gasteiger partial charge in [-0.1, -0.05) is 36.4 Å². The maximum Gasteiger partial charge on any atom is 0.452 e. The van der Waals surface area contributed by atoms with Crippen LogP contribution in [0.3, 0.4) is 0 Å². The molecular weight excluding hydrogens is 591 g/mol. The monoisotopic (exact) mass is 619 g/mol. The molecular formula is C30H29BrF3NO5. The highest BCUT2D eigenvalue weighted by atomic mass is 79.9. The van der Waals surface area contributed by atoms with E-state index in [0.29, 0.717) is 16.0 Å². The molecule has 0 spiro atoms. The van der Waals surface area contributed by atoms with E-state index in [9.17, 15) is 27.6 Å². The molecule has 3 aromatic rings. The van der Waals surface area contributed by atoms with Gasteiger partial charge in [-0.2, -0.15) is 13.2 Å². The van der Waals surface area contributed by atoms with Crippen molar-refractivity contribution in [2.45, 2.75) is 69.9 Å². The third-order valence-corrected chi connectivity index (χ3v) is 7.97. The van der Waals surface area contributed by atoms with Gasteiger partial charge in [0, 0.05) is 30.2 Å². The molecule has 1 aliphatic rings. The molecule has 212 valence electrons. The summed E-state index contributed by atoms with van der Waals surface area (Å²) in [5.41, 5.74) is 1.51. The molecule has 6 nitrogen and oxygen atoms in total. The summed E-state index contributed by atoms with van der Waals surface area (Å²) in [5, 5.41) is 8.98. The third-order valence-electron chi connectivity index (χ3n) is 7.27. The van der Waals surface area contributed by atoms with Gasteiger partial charge < -0.3 is 9.52 Å². The van der Waals surface area contributed by atoms with Crippen molar-refractivity contribution in [2.75, 3.05) is 0 Å². The second kappa shape index (κ2) is 12.9. The third kappa shape index (κ3) is 7.68. The first-order chi connectivity index (χ1) is 19.0. The van der Waals surface area contributed by atoms with Gasteiger partial charge in [0.25, 0.3) is 0 Å². The van der Waals surface area contributed by atoms with Gasteiger partial charge in [0.2, 0.25) is 11.7 Å². The van der Waals surface area contributed by atoms with Crippen molar-refractivity contribution in [1.29, 1.82) is 0 Å². The minimum atomic E-state index is -4.89. The molecule has 0 aliphatic heterocycles. The summed E-state index contributed by atoms with van der Waals surface area (Å²) in [7, 11) is 0. The lowest BCUT2D eigenvalue weighted by Crippen LogP contribution is -2.16. The van der Waals surface area contributed by atoms with E-state index in [1.54, 1.807) is 18.2 Å². The average molecular weight is 620 g/mol. The zero-order valence-corrected chi connectivity index (χ0v) is 23.3. The number of alkyl halides is 3. The fourth-order valence-corrected chi connectivity index (χ4v) is 5.64. The van der Waals surface area contributed by atoms with Gasteiger partial charge in [0.1, 0.15) is 5.78 Å². The van der Waals surface area contributed by atoms with E-state index in [1.165, 1.54) is 11.6 Å². The SMILES string of the molecule is O=C(O)CC1CCC(c2ccc(CC(=O)CCCC(=O)c3nc(-c4ccccc4Br)oc3C(F)(F)F)cc2)CC1. The quantitative estimate of drug-likeness (QED) is 0.218. The molecule has 40 heavy (non-hydrogen) atoms. The number of aromatic nitrogens is 1. The molecule has 0 amide bonds. The van der Waals surface area contributed by atoms with Crippen LogP contribution in [0.25, 0.3) is 11.5 Å². The maximum atomic E-state index is 13.6. The number of Topliss-reactive ketones (excluding diaryl/α,β-unsaturated/α-hetero) is 2. The number of carboxylic acids is 1. The molecule has 0 atom stereocenters. The lowest BCUT2D eigenvalue weighted by Gasteiger charge is -2.28. The molecule has 0 saturated heterocycles. The van der Waals surface area contributed by atoms with Gasteiger partial charge in [-0.3, -0.25) is 14.4 Å². The second-order valence-electron chi connectivity index (χ2n) is 10.2. The topological polar surface area (TPSA) is 97.5 Å². The van der Waals surface area contributed by atoms with Gasteiger partial charge in [0.05, 0.1) is 5.56 Å². The van der Waals surface area contributed by atoms with Gasteiger partial charge in [0.15, 0.2) is 11.5 Å². The summed E-state index contributed by atoms with van der Waals surface area (Å²) in [6.07, 6.45) is -0.956. The second-order valence-corrected chi connectivity index (χ2v) is 11.1. The standard InChI is InChI=1S/C30H29BrF3NO5/c31-24-6-2-1-5-23(24)29-35-27(28(40-29)30(32,33)34)25(37)7-3-4-22(36)16-18-8-12-20(13-9-18)21-14-10-19(11-15-21)17-26(38)39/h1-2,5-6,8-9,12-13,19,21H,3-4,7,10-11,14-17H2,(H,38,39). The highest BCUT2D eigenvalue weighted by Gasteiger charge is 2.41. The normalized spacial score (nSPS) is 17.5. The number of nitrogens with zero attached hydrogens (tertiary/aromatic N) is 1. The number of ketones is 2. The smallest absolute Gasteiger partial charge is 0.452 e. The van der Waals surface area contributed by atoms with Crippen molar-refractivity contribution in [3.63, 3.8) is 0 Å². The van der Waals surface area contributed by atoms with Crippen LogP contribution in [0.4, 0.5) is 13.2 Å². The van der Waals surface area contributed by atoms with E-state index in [2.05, 4.69) is 20.9 Å². The maximum absolute atomic E-state index is 13.6. The Morgan fingerprint density at radius 1 is 0.975 bits per heavy atom. The van der Waals surface area contributed by atoms with Crippen LogP contribution >= 0.6 is 15.9 Å². The summed E-state index contributed by atoms with van der Waals surface area (Å²) in [6, 6.07) is 14.3. The van der Waals surface area contributed by atoms with Crippen molar-refractivity contribution in [2.24, 2.45) is 5.92 Å². The number of carbonyl (C=O) groups excluding carboxylic acids is 2. The van der Waals surface area contributed by atoms with Crippen molar-refractivity contribution in [1.82, 2.24) is 4.98 Å². The Labute approximate surface area is 238 Å². The van der Waals surface area contributed by atoms with E-state index in [0.717, 1.165) is 31.2 Å². The lowest BCUT2D eigenvalue weighted by molar-refractivity contribution is -0.153. The predicted molar refractivity (Wildman–Crippen MR) is 145 cm³/mol. The van der Waals surface area contributed by atoms with Gasteiger partial charge in [-0.15, -0.1) is 0 Å². The Morgan fingerprint density at radius 3 is 2.27 bits per heavy atom. The van der Waals surface area contributed by atoms with Crippen molar-refractivity contribution < 1.29 is 37.1 Å². The molecule has 1 saturated carbocycles. The number of halogens is 4. The molecule has 0 radical (unpaired) electrons. The minimum Gasteiger partial charge on any atom is -0.481 e. The number of benzene rings is 2. The van der Waals surface area contributed by atoms with Crippen molar-refractivity contribution >= 4 is 33.5 Å². The molecule has 2 aromatic carbocycles. The fraction of sp³-hybridized carbons (Fsp3) is 0.400. The zero-order chi connectivity index (χ0) is 28.9. The zero-order valence-electron chi connectivity index (χ0n) is 21.7. The van der Waals surface area contributed by atoms with Crippen LogP contribution in [0.2, 0.25) is 0 Å². The van der Waals surface area contributed by atoms with Crippen LogP contribution in [0.5, 0.6) is 0 Å². The number of oxazole rings is 1. The summed E-state index contributed by atoms with van der Waals surface area (Å²) < 4.78 is 46.2. The van der Waals surface area contributed by atoms with Gasteiger partial charge >= 0.3 is 12.1 Å². The van der Waals surface area contributed by atoms with E-state index >= 15 is 0 Å². The first kappa shape index (κ1) is 29.7. The van der Waals surface area contributed by atoms with Crippen LogP contribution in [-0.4, -0.2) is 27.6 Å². The fourth-order valence-electron chi connectivity index (χ4n) is 5.19. The summed E-state index contributed by atoms with van der Waals surface area (Å²) in [5.74, 6) is -2.83. The number of hydrogen-bond donors (Lipinski definition) is 1. The molecule has 1 aliphatic carbocycles. The van der Waals surface area contributed by atoms with E-state index in [1.807, 2.05) is 24.3 Å². The van der Waals surface area contributed by atoms with Crippen LogP contribution in [-0.2, 0) is 22.2 Å². The average Bonchev–Trinajstić information content (AvgIpc) is 3.36. The number of carbonyl (C=O) groups is 3. The molecule has 1 heterocycles. The molecule has 1 aromatic heterocycles. The summed E-state index contributed by atoms with van der Waals surface area (Å²) in [6.45, 7) is 0. The Balaban J connectivity index is 1.29. The Bertz CT molecular complexity index is 1360. The number of aliphatic carboxylic acids is 1. The Hall–Kier alpha value is -3.27. The molecule has 10 heteroatoms. The predicted octanol–water partition coefficient (Wildman–Crippen LogP) is 8.04. The molecule has 1 N–H and O–H groups in total. The Kier molecular flexibility index (Phi) is 9.60. The van der Waals surface area contributed by atoms with Crippen molar-refractivity contribution in [3.8, 4) is 11.5 Å². The molecule has 0 bridgehead atoms. The van der Waals surface area contributed by atoms with Crippen molar-refractivity contribution in [3.05, 3.63) is 75.6 Å². The summed E-state index contributed by atoms with van der Waals surface area (Å²) in [4.78, 5) is 40.0. The molecule has 0 unspecified atom stereocenters. The van der Waals surface area contributed by atoms with E-state index in [4.69, 9.17) is 9.52 Å². The van der Waals surface area contributed by atoms with Crippen LogP contribution in [0, 0.1) is 5.92 Å². The lowest BCUT2D eigenvalue weighted by atomic mass is 9.77. The number of carboxylic acid groups (broad SMARTS) is 1. The van der Waals surface area contributed by atoms with E-state index in [-0.39, 0.29) is 49.7 Å². The molecule has 4 rings (SSSR count). The Morgan fingerprint density at radius 2 is 1.65 bits per heavy atom. The van der Waals surface area contributed by atoms with E-state index < -0.39 is 29.4 Å². The summed E-state index contributed by atoms with van der Waals surface area (Å²) >= 11 is 3.25. The first-order valence-corrected chi connectivity index (χ1v) is 14.0. The largest absolute Gasteiger partial charge is 0.481 e. The van der Waals surface area contributed by atoms with Crippen LogP contribution in [0.15, 0.2) is 57.4 Å². The number of hydrogen-bond acceptors (Lipinski definition) is 5. The highest BCUT2D eigenvalue weighted by molar-refractivity contribution is 9.10. The van der Waals surface area contributed by atoms with Gasteiger partial charge in [-0.05, 0) is 83.1 Å². The highest BCUT2D eigenvalue weighted by Crippen LogP contribution is 2.38. The van der Waals surface area contributed by atoms with Crippen LogP contribution in [0.1, 0.15) is 84.7 Å². The number of rotatable bonds is 11. The first-order valence-electron chi connectivity index (χ1n) is 13.2. The molecule has 1 fully saturated rings. The van der Waals surface area contributed by atoms with Gasteiger partial charge in [-0.25, -0.2) is 4.98 Å². The van der Waals surface area contributed by atoms with Crippen LogP contribution < -0.4 is 0 Å².